The van der Waals surface area contributed by atoms with Crippen LogP contribution in [0.5, 0.6) is 0 Å². The number of benzene rings is 1. The number of hydrogen-bond acceptors (Lipinski definition) is 3. The summed E-state index contributed by atoms with van der Waals surface area (Å²) < 4.78 is 11.2. The topological polar surface area (TPSA) is 101 Å². The number of nitrogens with one attached hydrogen (secondary N) is 2. The number of hydrogen-bond donors (Lipinski definition) is 3. The molecule has 4 N–H and O–H groups in total. The molecular formula is C14H12N4O2S. The third-order valence-corrected chi connectivity index (χ3v) is 3.87. The van der Waals surface area contributed by atoms with Gasteiger partial charge in [-0.25, -0.2) is 14.3 Å². The third-order valence-electron chi connectivity index (χ3n) is 3.14. The van der Waals surface area contributed by atoms with Crippen molar-refractivity contribution in [2.45, 2.75) is 4.90 Å². The van der Waals surface area contributed by atoms with E-state index in [1.165, 1.54) is 0 Å². The fourth-order valence-corrected chi connectivity index (χ4v) is 2.51. The maximum absolute atomic E-state index is 11.2. The highest BCUT2D eigenvalue weighted by molar-refractivity contribution is 7.82. The van der Waals surface area contributed by atoms with E-state index in [-0.39, 0.29) is 0 Å². The van der Waals surface area contributed by atoms with Gasteiger partial charge in [0.1, 0.15) is 16.6 Å². The summed E-state index contributed by atoms with van der Waals surface area (Å²) >= 11 is 0. The molecule has 1 amide bonds. The van der Waals surface area contributed by atoms with E-state index in [2.05, 4.69) is 15.3 Å². The lowest BCUT2D eigenvalue weighted by molar-refractivity contribution is -0.105. The van der Waals surface area contributed by atoms with Gasteiger partial charge in [-0.05, 0) is 24.3 Å². The van der Waals surface area contributed by atoms with Crippen LogP contribution in [-0.4, -0.2) is 20.6 Å². The Labute approximate surface area is 123 Å². The van der Waals surface area contributed by atoms with E-state index < -0.39 is 11.0 Å². The predicted molar refractivity (Wildman–Crippen MR) is 81.8 cm³/mol. The molecule has 0 radical (unpaired) electrons. The summed E-state index contributed by atoms with van der Waals surface area (Å²) in [6.45, 7) is 0. The van der Waals surface area contributed by atoms with E-state index in [1.54, 1.807) is 18.3 Å². The van der Waals surface area contributed by atoms with E-state index in [0.717, 1.165) is 16.6 Å². The van der Waals surface area contributed by atoms with Crippen LogP contribution in [0.25, 0.3) is 22.3 Å². The van der Waals surface area contributed by atoms with Crippen LogP contribution in [-0.2, 0) is 15.8 Å². The quantitative estimate of drug-likeness (QED) is 0.640. The summed E-state index contributed by atoms with van der Waals surface area (Å²) in [6, 6.07) is 10.8. The molecule has 7 heteroatoms. The van der Waals surface area contributed by atoms with E-state index in [0.29, 0.717) is 22.6 Å². The lowest BCUT2D eigenvalue weighted by Crippen LogP contribution is -2.01. The second-order valence-electron chi connectivity index (χ2n) is 4.38. The summed E-state index contributed by atoms with van der Waals surface area (Å²) in [5.74, 6) is 0. The van der Waals surface area contributed by atoms with Gasteiger partial charge in [-0.2, -0.15) is 0 Å². The number of nitrogens with zero attached hydrogens (tertiary/aromatic N) is 1. The number of fused-ring (bicyclic) bond motifs is 1. The number of amides is 1. The van der Waals surface area contributed by atoms with Gasteiger partial charge in [0.15, 0.2) is 0 Å². The molecule has 0 spiro atoms. The molecule has 1 unspecified atom stereocenters. The van der Waals surface area contributed by atoms with Crippen molar-refractivity contribution >= 4 is 34.1 Å². The maximum atomic E-state index is 11.2. The molecule has 0 aliphatic rings. The van der Waals surface area contributed by atoms with Gasteiger partial charge < -0.3 is 10.3 Å². The number of carbonyl (C=O) groups excluding carboxylic acids is 1. The summed E-state index contributed by atoms with van der Waals surface area (Å²) in [7, 11) is -1.48. The number of rotatable bonds is 4. The zero-order valence-corrected chi connectivity index (χ0v) is 11.7. The molecule has 106 valence electrons. The first-order chi connectivity index (χ1) is 10.2. The Bertz CT molecular complexity index is 827. The monoisotopic (exact) mass is 300 g/mol. The summed E-state index contributed by atoms with van der Waals surface area (Å²) in [5.41, 5.74) is 3.04. The lowest BCUT2D eigenvalue weighted by atomic mass is 10.1. The fourth-order valence-electron chi connectivity index (χ4n) is 2.11. The van der Waals surface area contributed by atoms with Gasteiger partial charge in [0, 0.05) is 17.1 Å². The average molecular weight is 300 g/mol. The number of anilines is 1. The molecule has 3 rings (SSSR count). The molecule has 0 bridgehead atoms. The Morgan fingerprint density at radius 2 is 1.95 bits per heavy atom. The third kappa shape index (κ3) is 2.56. The van der Waals surface area contributed by atoms with E-state index >= 15 is 0 Å². The van der Waals surface area contributed by atoms with Gasteiger partial charge in [-0.1, -0.05) is 12.1 Å². The van der Waals surface area contributed by atoms with Crippen molar-refractivity contribution in [1.82, 2.24) is 9.97 Å². The number of nitrogens with two attached hydrogens (primary N) is 1. The highest BCUT2D eigenvalue weighted by atomic mass is 32.2. The van der Waals surface area contributed by atoms with Crippen LogP contribution in [0.2, 0.25) is 0 Å². The highest BCUT2D eigenvalue weighted by Crippen LogP contribution is 2.25. The first-order valence-electron chi connectivity index (χ1n) is 6.14. The summed E-state index contributed by atoms with van der Waals surface area (Å²) in [6.07, 6.45) is 2.32. The molecular weight excluding hydrogens is 288 g/mol. The SMILES string of the molecule is NS(=O)c1ccc(-c2ccc3c(NC=O)c[nH]c3n2)cc1. The van der Waals surface area contributed by atoms with Gasteiger partial charge in [0.2, 0.25) is 6.41 Å². The highest BCUT2D eigenvalue weighted by Gasteiger charge is 2.07. The van der Waals surface area contributed by atoms with Crippen molar-refractivity contribution in [3.05, 3.63) is 42.6 Å². The second kappa shape index (κ2) is 5.47. The molecule has 1 atom stereocenters. The van der Waals surface area contributed by atoms with Crippen molar-refractivity contribution in [3.8, 4) is 11.3 Å². The van der Waals surface area contributed by atoms with E-state index in [9.17, 15) is 9.00 Å². The van der Waals surface area contributed by atoms with E-state index in [1.807, 2.05) is 24.3 Å². The second-order valence-corrected chi connectivity index (χ2v) is 5.45. The van der Waals surface area contributed by atoms with Crippen molar-refractivity contribution in [2.75, 3.05) is 5.32 Å². The average Bonchev–Trinajstić information content (AvgIpc) is 2.90. The van der Waals surface area contributed by atoms with Gasteiger partial charge in [0.05, 0.1) is 16.3 Å². The molecule has 2 aromatic heterocycles. The first-order valence-corrected chi connectivity index (χ1v) is 7.35. The van der Waals surface area contributed by atoms with Gasteiger partial charge in [-0.3, -0.25) is 4.79 Å². The summed E-state index contributed by atoms with van der Waals surface area (Å²) in [5, 5.41) is 8.77. The Kier molecular flexibility index (Phi) is 3.51. The minimum atomic E-state index is -1.48. The van der Waals surface area contributed by atoms with Crippen molar-refractivity contribution < 1.29 is 9.00 Å². The minimum Gasteiger partial charge on any atom is -0.344 e. The normalized spacial score (nSPS) is 12.2. The number of aromatic amines is 1. The standard InChI is InChI=1S/C14H12N4O2S/c15-21(20)10-3-1-9(2-4-10)12-6-5-11-13(17-8-19)7-16-14(11)18-12/h1-8H,15H2,(H,16,18)(H,17,19). The predicted octanol–water partition coefficient (Wildman–Crippen LogP) is 1.78. The molecule has 0 saturated carbocycles. The van der Waals surface area contributed by atoms with Crippen LogP contribution in [0.3, 0.4) is 0 Å². The van der Waals surface area contributed by atoms with Crippen molar-refractivity contribution in [1.29, 1.82) is 0 Å². The minimum absolute atomic E-state index is 0.567. The van der Waals surface area contributed by atoms with Crippen LogP contribution in [0.4, 0.5) is 5.69 Å². The molecule has 1 aromatic carbocycles. The van der Waals surface area contributed by atoms with Crippen LogP contribution in [0, 0.1) is 0 Å². The lowest BCUT2D eigenvalue weighted by Gasteiger charge is -2.03. The first kappa shape index (κ1) is 13.5. The van der Waals surface area contributed by atoms with Crippen molar-refractivity contribution in [3.63, 3.8) is 0 Å². The van der Waals surface area contributed by atoms with Gasteiger partial charge >= 0.3 is 0 Å². The molecule has 0 aliphatic carbocycles. The smallest absolute Gasteiger partial charge is 0.211 e. The zero-order chi connectivity index (χ0) is 14.8. The Balaban J connectivity index is 2.00. The molecule has 3 aromatic rings. The molecule has 0 aliphatic heterocycles. The molecule has 2 heterocycles. The van der Waals surface area contributed by atoms with Crippen LogP contribution < -0.4 is 10.5 Å². The van der Waals surface area contributed by atoms with Crippen LogP contribution in [0.1, 0.15) is 0 Å². The number of carbonyl (C=O) groups is 1. The Morgan fingerprint density at radius 1 is 1.19 bits per heavy atom. The molecule has 6 nitrogen and oxygen atoms in total. The van der Waals surface area contributed by atoms with Gasteiger partial charge in [-0.15, -0.1) is 0 Å². The van der Waals surface area contributed by atoms with Gasteiger partial charge in [0.25, 0.3) is 0 Å². The largest absolute Gasteiger partial charge is 0.344 e. The number of aromatic nitrogens is 2. The van der Waals surface area contributed by atoms with Crippen LogP contribution >= 0.6 is 0 Å². The Morgan fingerprint density at radius 3 is 2.62 bits per heavy atom. The number of pyridine rings is 1. The fraction of sp³-hybridized carbons (Fsp3) is 0. The van der Waals surface area contributed by atoms with Crippen LogP contribution in [0.15, 0.2) is 47.5 Å². The van der Waals surface area contributed by atoms with E-state index in [4.69, 9.17) is 5.14 Å². The number of H-pyrrole nitrogens is 1. The van der Waals surface area contributed by atoms with Crippen molar-refractivity contribution in [2.24, 2.45) is 5.14 Å². The summed E-state index contributed by atoms with van der Waals surface area (Å²) in [4.78, 5) is 18.6. The Hall–Kier alpha value is -2.51. The molecule has 0 fully saturated rings. The molecule has 21 heavy (non-hydrogen) atoms. The molecule has 0 saturated heterocycles. The maximum Gasteiger partial charge on any atom is 0.211 e. The zero-order valence-electron chi connectivity index (χ0n) is 10.9.